The van der Waals surface area contributed by atoms with Crippen molar-refractivity contribution >= 4 is 16.8 Å². The Balaban J connectivity index is 1.80. The van der Waals surface area contributed by atoms with Gasteiger partial charge in [0.05, 0.1) is 11.2 Å². The molecular formula is C17H18N4O. The molecular weight excluding hydrogens is 276 g/mol. The van der Waals surface area contributed by atoms with Gasteiger partial charge >= 0.3 is 0 Å². The third-order valence-electron chi connectivity index (χ3n) is 3.61. The first kappa shape index (κ1) is 14.3. The van der Waals surface area contributed by atoms with Crippen LogP contribution in [0.2, 0.25) is 0 Å². The summed E-state index contributed by atoms with van der Waals surface area (Å²) in [5.74, 6) is -0.108. The lowest BCUT2D eigenvalue weighted by molar-refractivity contribution is 0.0940. The Morgan fingerprint density at radius 3 is 2.91 bits per heavy atom. The van der Waals surface area contributed by atoms with E-state index in [1.807, 2.05) is 50.2 Å². The molecule has 0 fully saturated rings. The summed E-state index contributed by atoms with van der Waals surface area (Å²) in [6.45, 7) is 5.00. The normalized spacial score (nSPS) is 10.8. The van der Waals surface area contributed by atoms with Crippen LogP contribution in [0.25, 0.3) is 10.9 Å². The van der Waals surface area contributed by atoms with E-state index in [1.165, 1.54) is 0 Å². The van der Waals surface area contributed by atoms with E-state index in [0.717, 1.165) is 22.2 Å². The van der Waals surface area contributed by atoms with E-state index in [-0.39, 0.29) is 5.91 Å². The van der Waals surface area contributed by atoms with Gasteiger partial charge in [-0.25, -0.2) is 0 Å². The number of nitrogens with one attached hydrogen (secondary N) is 1. The maximum absolute atomic E-state index is 12.4. The molecule has 0 spiro atoms. The number of hydrogen-bond donors (Lipinski definition) is 1. The number of para-hydroxylation sites is 1. The van der Waals surface area contributed by atoms with Crippen molar-refractivity contribution in [2.24, 2.45) is 0 Å². The maximum Gasteiger partial charge on any atom is 0.269 e. The van der Waals surface area contributed by atoms with E-state index in [9.17, 15) is 4.79 Å². The molecule has 3 aromatic rings. The first-order chi connectivity index (χ1) is 10.7. The van der Waals surface area contributed by atoms with E-state index in [0.29, 0.717) is 18.8 Å². The summed E-state index contributed by atoms with van der Waals surface area (Å²) in [5.41, 5.74) is 3.43. The smallest absolute Gasteiger partial charge is 0.269 e. The first-order valence-corrected chi connectivity index (χ1v) is 7.34. The van der Waals surface area contributed by atoms with Gasteiger partial charge in [-0.05, 0) is 37.6 Å². The van der Waals surface area contributed by atoms with Gasteiger partial charge in [0.2, 0.25) is 0 Å². The number of nitrogens with zero attached hydrogens (tertiary/aromatic N) is 3. The standard InChI is InChI=1S/C17H18N4O/c1-3-21-16(10-12(2)20-21)17(22)19-11-13-8-9-18-15-7-5-4-6-14(13)15/h4-10H,3,11H2,1-2H3,(H,19,22). The first-order valence-electron chi connectivity index (χ1n) is 7.34. The molecule has 0 aliphatic carbocycles. The zero-order valence-corrected chi connectivity index (χ0v) is 12.7. The summed E-state index contributed by atoms with van der Waals surface area (Å²) in [7, 11) is 0. The second-order valence-corrected chi connectivity index (χ2v) is 5.16. The van der Waals surface area contributed by atoms with Crippen molar-refractivity contribution in [1.29, 1.82) is 0 Å². The van der Waals surface area contributed by atoms with Crippen LogP contribution in [0.15, 0.2) is 42.6 Å². The average Bonchev–Trinajstić information content (AvgIpc) is 2.93. The molecule has 0 unspecified atom stereocenters. The van der Waals surface area contributed by atoms with Gasteiger partial charge < -0.3 is 5.32 Å². The van der Waals surface area contributed by atoms with Gasteiger partial charge in [0, 0.05) is 24.7 Å². The molecule has 5 nitrogen and oxygen atoms in total. The SMILES string of the molecule is CCn1nc(C)cc1C(=O)NCc1ccnc2ccccc12. The van der Waals surface area contributed by atoms with E-state index < -0.39 is 0 Å². The predicted octanol–water partition coefficient (Wildman–Crippen LogP) is 2.69. The number of amides is 1. The van der Waals surface area contributed by atoms with Crippen molar-refractivity contribution in [2.75, 3.05) is 0 Å². The Bertz CT molecular complexity index is 817. The summed E-state index contributed by atoms with van der Waals surface area (Å²) in [6.07, 6.45) is 1.77. The molecule has 0 radical (unpaired) electrons. The maximum atomic E-state index is 12.4. The Morgan fingerprint density at radius 1 is 1.27 bits per heavy atom. The van der Waals surface area contributed by atoms with Crippen LogP contribution in [0, 0.1) is 6.92 Å². The number of carbonyl (C=O) groups is 1. The van der Waals surface area contributed by atoms with Crippen LogP contribution in [0.3, 0.4) is 0 Å². The van der Waals surface area contributed by atoms with Crippen molar-refractivity contribution in [3.8, 4) is 0 Å². The summed E-state index contributed by atoms with van der Waals surface area (Å²) < 4.78 is 1.72. The number of aryl methyl sites for hydroxylation is 2. The highest BCUT2D eigenvalue weighted by Crippen LogP contribution is 2.16. The van der Waals surface area contributed by atoms with Gasteiger partial charge in [-0.3, -0.25) is 14.5 Å². The number of benzene rings is 1. The van der Waals surface area contributed by atoms with E-state index in [2.05, 4.69) is 15.4 Å². The molecule has 5 heteroatoms. The molecule has 0 saturated heterocycles. The van der Waals surface area contributed by atoms with Gasteiger partial charge in [-0.15, -0.1) is 0 Å². The molecule has 2 aromatic heterocycles. The minimum Gasteiger partial charge on any atom is -0.347 e. The van der Waals surface area contributed by atoms with Crippen molar-refractivity contribution in [2.45, 2.75) is 26.9 Å². The molecule has 0 atom stereocenters. The fourth-order valence-electron chi connectivity index (χ4n) is 2.54. The van der Waals surface area contributed by atoms with Crippen LogP contribution in [0.4, 0.5) is 0 Å². The lowest BCUT2D eigenvalue weighted by Gasteiger charge is -2.09. The molecule has 112 valence electrons. The molecule has 1 N–H and O–H groups in total. The number of hydrogen-bond acceptors (Lipinski definition) is 3. The number of fused-ring (bicyclic) bond motifs is 1. The van der Waals surface area contributed by atoms with Crippen LogP contribution in [0.5, 0.6) is 0 Å². The van der Waals surface area contributed by atoms with Crippen molar-refractivity contribution < 1.29 is 4.79 Å². The zero-order valence-electron chi connectivity index (χ0n) is 12.7. The quantitative estimate of drug-likeness (QED) is 0.805. The van der Waals surface area contributed by atoms with Crippen LogP contribution in [-0.2, 0) is 13.1 Å². The third-order valence-corrected chi connectivity index (χ3v) is 3.61. The number of pyridine rings is 1. The van der Waals surface area contributed by atoms with Gasteiger partial charge in [0.15, 0.2) is 0 Å². The second kappa shape index (κ2) is 5.97. The molecule has 0 saturated carbocycles. The van der Waals surface area contributed by atoms with E-state index >= 15 is 0 Å². The molecule has 1 aromatic carbocycles. The Hall–Kier alpha value is -2.69. The van der Waals surface area contributed by atoms with Gasteiger partial charge in [0.25, 0.3) is 5.91 Å². The topological polar surface area (TPSA) is 59.8 Å². The third kappa shape index (κ3) is 2.70. The van der Waals surface area contributed by atoms with Gasteiger partial charge in [-0.2, -0.15) is 5.10 Å². The second-order valence-electron chi connectivity index (χ2n) is 5.16. The highest BCUT2D eigenvalue weighted by molar-refractivity contribution is 5.93. The molecule has 22 heavy (non-hydrogen) atoms. The summed E-state index contributed by atoms with van der Waals surface area (Å²) in [6, 6.07) is 11.7. The Kier molecular flexibility index (Phi) is 3.87. The number of carbonyl (C=O) groups excluding carboxylic acids is 1. The molecule has 2 heterocycles. The monoisotopic (exact) mass is 294 g/mol. The fourth-order valence-corrected chi connectivity index (χ4v) is 2.54. The predicted molar refractivity (Wildman–Crippen MR) is 85.6 cm³/mol. The van der Waals surface area contributed by atoms with Crippen molar-refractivity contribution in [1.82, 2.24) is 20.1 Å². The highest BCUT2D eigenvalue weighted by Gasteiger charge is 2.13. The molecule has 0 bridgehead atoms. The van der Waals surface area contributed by atoms with Crippen LogP contribution in [-0.4, -0.2) is 20.7 Å². The Labute approximate surface area is 129 Å². The molecule has 3 rings (SSSR count). The van der Waals surface area contributed by atoms with Crippen molar-refractivity contribution in [3.63, 3.8) is 0 Å². The summed E-state index contributed by atoms with van der Waals surface area (Å²) in [4.78, 5) is 16.7. The highest BCUT2D eigenvalue weighted by atomic mass is 16.2. The Morgan fingerprint density at radius 2 is 2.09 bits per heavy atom. The van der Waals surface area contributed by atoms with Crippen LogP contribution in [0.1, 0.15) is 28.7 Å². The zero-order chi connectivity index (χ0) is 15.5. The minimum atomic E-state index is -0.108. The fraction of sp³-hybridized carbons (Fsp3) is 0.235. The average molecular weight is 294 g/mol. The number of aromatic nitrogens is 3. The molecule has 1 amide bonds. The summed E-state index contributed by atoms with van der Waals surface area (Å²) >= 11 is 0. The lowest BCUT2D eigenvalue weighted by Crippen LogP contribution is -2.25. The number of rotatable bonds is 4. The molecule has 0 aliphatic heterocycles. The molecule has 0 aliphatic rings. The minimum absolute atomic E-state index is 0.108. The lowest BCUT2D eigenvalue weighted by atomic mass is 10.1. The van der Waals surface area contributed by atoms with Crippen LogP contribution >= 0.6 is 0 Å². The van der Waals surface area contributed by atoms with E-state index in [4.69, 9.17) is 0 Å². The van der Waals surface area contributed by atoms with Crippen molar-refractivity contribution in [3.05, 3.63) is 59.5 Å². The van der Waals surface area contributed by atoms with Gasteiger partial charge in [-0.1, -0.05) is 18.2 Å². The van der Waals surface area contributed by atoms with Gasteiger partial charge in [0.1, 0.15) is 5.69 Å². The van der Waals surface area contributed by atoms with Crippen LogP contribution < -0.4 is 5.32 Å². The largest absolute Gasteiger partial charge is 0.347 e. The summed E-state index contributed by atoms with van der Waals surface area (Å²) in [5, 5.41) is 8.33. The van der Waals surface area contributed by atoms with E-state index in [1.54, 1.807) is 10.9 Å².